The standard InChI is InChI=1S/C18H22N2O4S2/c1-12(14-4-6-16(24-3)7-5-14)19-26(22,23)18-10-15-11-20(13(2)21)9-8-17(15)25-18/h4-7,10,12,19H,8-9,11H2,1-3H3/t12-/m0/s1. The van der Waals surface area contributed by atoms with Crippen molar-refractivity contribution >= 4 is 27.3 Å². The molecule has 1 amide bonds. The number of benzene rings is 1. The Morgan fingerprint density at radius 1 is 1.31 bits per heavy atom. The second-order valence-electron chi connectivity index (χ2n) is 6.32. The van der Waals surface area contributed by atoms with Crippen LogP contribution in [0.15, 0.2) is 34.5 Å². The third-order valence-electron chi connectivity index (χ3n) is 4.50. The van der Waals surface area contributed by atoms with Gasteiger partial charge >= 0.3 is 0 Å². The summed E-state index contributed by atoms with van der Waals surface area (Å²) in [7, 11) is -2.03. The minimum atomic E-state index is -3.62. The average Bonchev–Trinajstić information content (AvgIpc) is 3.05. The van der Waals surface area contributed by atoms with Gasteiger partial charge in [0.1, 0.15) is 9.96 Å². The van der Waals surface area contributed by atoms with Crippen LogP contribution >= 0.6 is 11.3 Å². The number of hydrogen-bond acceptors (Lipinski definition) is 5. The number of carbonyl (C=O) groups excluding carboxylic acids is 1. The Balaban J connectivity index is 1.77. The van der Waals surface area contributed by atoms with Gasteiger partial charge in [-0.2, -0.15) is 0 Å². The van der Waals surface area contributed by atoms with Crippen molar-refractivity contribution in [2.75, 3.05) is 13.7 Å². The largest absolute Gasteiger partial charge is 0.497 e. The van der Waals surface area contributed by atoms with Crippen LogP contribution in [-0.2, 0) is 27.8 Å². The summed E-state index contributed by atoms with van der Waals surface area (Å²) in [4.78, 5) is 14.3. The lowest BCUT2D eigenvalue weighted by molar-refractivity contribution is -0.129. The predicted octanol–water partition coefficient (Wildman–Crippen LogP) is 2.70. The summed E-state index contributed by atoms with van der Waals surface area (Å²) < 4.78 is 33.7. The molecule has 0 bridgehead atoms. The van der Waals surface area contributed by atoms with Crippen LogP contribution in [0.25, 0.3) is 0 Å². The zero-order valence-electron chi connectivity index (χ0n) is 15.0. The summed E-state index contributed by atoms with van der Waals surface area (Å²) in [6, 6.07) is 8.63. The minimum absolute atomic E-state index is 0.0116. The summed E-state index contributed by atoms with van der Waals surface area (Å²) >= 11 is 1.29. The van der Waals surface area contributed by atoms with Crippen molar-refractivity contribution in [2.45, 2.75) is 37.1 Å². The van der Waals surface area contributed by atoms with Crippen molar-refractivity contribution in [3.8, 4) is 5.75 Å². The van der Waals surface area contributed by atoms with Crippen LogP contribution in [0.4, 0.5) is 0 Å². The molecule has 1 aliphatic rings. The Bertz CT molecular complexity index is 904. The van der Waals surface area contributed by atoms with Crippen molar-refractivity contribution < 1.29 is 17.9 Å². The number of methoxy groups -OCH3 is 1. The molecule has 0 saturated carbocycles. The highest BCUT2D eigenvalue weighted by molar-refractivity contribution is 7.91. The number of ether oxygens (including phenoxy) is 1. The molecule has 6 nitrogen and oxygen atoms in total. The molecule has 1 aromatic carbocycles. The van der Waals surface area contributed by atoms with E-state index in [0.29, 0.717) is 23.7 Å². The van der Waals surface area contributed by atoms with Gasteiger partial charge in [-0.25, -0.2) is 13.1 Å². The van der Waals surface area contributed by atoms with Gasteiger partial charge in [-0.15, -0.1) is 11.3 Å². The molecule has 0 spiro atoms. The van der Waals surface area contributed by atoms with Crippen LogP contribution in [0.3, 0.4) is 0 Å². The molecule has 1 aliphatic heterocycles. The summed E-state index contributed by atoms with van der Waals surface area (Å²) in [6.45, 7) is 4.46. The first-order chi connectivity index (χ1) is 12.3. The van der Waals surface area contributed by atoms with Crippen LogP contribution in [0.1, 0.15) is 35.9 Å². The SMILES string of the molecule is COc1ccc([C@H](C)NS(=O)(=O)c2cc3c(s2)CCN(C(C)=O)C3)cc1. The molecule has 3 rings (SSSR count). The fraction of sp³-hybridized carbons (Fsp3) is 0.389. The lowest BCUT2D eigenvalue weighted by Crippen LogP contribution is -2.33. The average molecular weight is 395 g/mol. The van der Waals surface area contributed by atoms with Crippen molar-refractivity contribution in [2.24, 2.45) is 0 Å². The lowest BCUT2D eigenvalue weighted by Gasteiger charge is -2.25. The van der Waals surface area contributed by atoms with Crippen LogP contribution in [-0.4, -0.2) is 32.9 Å². The van der Waals surface area contributed by atoms with E-state index in [-0.39, 0.29) is 11.9 Å². The molecule has 1 N–H and O–H groups in total. The summed E-state index contributed by atoms with van der Waals surface area (Å²) in [5, 5.41) is 0. The fourth-order valence-electron chi connectivity index (χ4n) is 2.96. The van der Waals surface area contributed by atoms with Gasteiger partial charge in [-0.1, -0.05) is 12.1 Å². The maximum atomic E-state index is 12.8. The molecule has 0 fully saturated rings. The normalized spacial score (nSPS) is 15.4. The van der Waals surface area contributed by atoms with Gasteiger partial charge in [0.2, 0.25) is 5.91 Å². The zero-order valence-corrected chi connectivity index (χ0v) is 16.6. The first kappa shape index (κ1) is 18.9. The quantitative estimate of drug-likeness (QED) is 0.846. The summed E-state index contributed by atoms with van der Waals surface area (Å²) in [5.74, 6) is 0.738. The Labute approximate surface area is 157 Å². The first-order valence-corrected chi connectivity index (χ1v) is 10.6. The molecule has 2 heterocycles. The molecule has 8 heteroatoms. The first-order valence-electron chi connectivity index (χ1n) is 8.33. The molecule has 0 saturated heterocycles. The van der Waals surface area contributed by atoms with Gasteiger partial charge in [0.05, 0.1) is 7.11 Å². The zero-order chi connectivity index (χ0) is 18.9. The number of carbonyl (C=O) groups is 1. The highest BCUT2D eigenvalue weighted by Gasteiger charge is 2.26. The molecular weight excluding hydrogens is 372 g/mol. The van der Waals surface area contributed by atoms with E-state index in [1.807, 2.05) is 19.1 Å². The number of amides is 1. The Morgan fingerprint density at radius 3 is 2.62 bits per heavy atom. The Morgan fingerprint density at radius 2 is 2.00 bits per heavy atom. The number of hydrogen-bond donors (Lipinski definition) is 1. The molecule has 140 valence electrons. The fourth-order valence-corrected chi connectivity index (χ4v) is 5.75. The monoisotopic (exact) mass is 394 g/mol. The second-order valence-corrected chi connectivity index (χ2v) is 9.40. The Hall–Kier alpha value is -1.90. The lowest BCUT2D eigenvalue weighted by atomic mass is 10.1. The molecule has 1 atom stereocenters. The van der Waals surface area contributed by atoms with E-state index in [0.717, 1.165) is 21.8 Å². The molecule has 0 aliphatic carbocycles. The van der Waals surface area contributed by atoms with Crippen molar-refractivity contribution in [3.05, 3.63) is 46.3 Å². The van der Waals surface area contributed by atoms with E-state index in [2.05, 4.69) is 4.72 Å². The van der Waals surface area contributed by atoms with Gasteiger partial charge < -0.3 is 9.64 Å². The number of nitrogens with zero attached hydrogens (tertiary/aromatic N) is 1. The molecular formula is C18H22N2O4S2. The van der Waals surface area contributed by atoms with Crippen LogP contribution in [0, 0.1) is 0 Å². The predicted molar refractivity (Wildman–Crippen MR) is 101 cm³/mol. The number of sulfonamides is 1. The van der Waals surface area contributed by atoms with Gasteiger partial charge in [0.15, 0.2) is 0 Å². The summed E-state index contributed by atoms with van der Waals surface area (Å²) in [5.41, 5.74) is 1.78. The van der Waals surface area contributed by atoms with E-state index < -0.39 is 10.0 Å². The van der Waals surface area contributed by atoms with Crippen molar-refractivity contribution in [1.29, 1.82) is 0 Å². The second kappa shape index (κ2) is 7.38. The van der Waals surface area contributed by atoms with E-state index in [1.165, 1.54) is 18.3 Å². The van der Waals surface area contributed by atoms with Crippen LogP contribution in [0.2, 0.25) is 0 Å². The van der Waals surface area contributed by atoms with Gasteiger partial charge in [-0.3, -0.25) is 4.79 Å². The minimum Gasteiger partial charge on any atom is -0.497 e. The molecule has 2 aromatic rings. The highest BCUT2D eigenvalue weighted by Crippen LogP contribution is 2.31. The van der Waals surface area contributed by atoms with Gasteiger partial charge in [0.25, 0.3) is 10.0 Å². The van der Waals surface area contributed by atoms with Gasteiger partial charge in [-0.05, 0) is 42.7 Å². The number of fused-ring (bicyclic) bond motifs is 1. The van der Waals surface area contributed by atoms with Gasteiger partial charge in [0, 0.05) is 30.9 Å². The van der Waals surface area contributed by atoms with Crippen LogP contribution < -0.4 is 9.46 Å². The van der Waals surface area contributed by atoms with Crippen LogP contribution in [0.5, 0.6) is 5.75 Å². The van der Waals surface area contributed by atoms with Crippen molar-refractivity contribution in [1.82, 2.24) is 9.62 Å². The number of thiophene rings is 1. The smallest absolute Gasteiger partial charge is 0.250 e. The van der Waals surface area contributed by atoms with E-state index in [9.17, 15) is 13.2 Å². The third-order valence-corrected chi connectivity index (χ3v) is 7.75. The van der Waals surface area contributed by atoms with Crippen molar-refractivity contribution in [3.63, 3.8) is 0 Å². The molecule has 0 radical (unpaired) electrons. The number of nitrogens with one attached hydrogen (secondary N) is 1. The topological polar surface area (TPSA) is 75.7 Å². The molecule has 1 aromatic heterocycles. The number of rotatable bonds is 5. The molecule has 26 heavy (non-hydrogen) atoms. The third kappa shape index (κ3) is 3.92. The van der Waals surface area contributed by atoms with E-state index in [1.54, 1.807) is 30.2 Å². The Kier molecular flexibility index (Phi) is 5.36. The van der Waals surface area contributed by atoms with E-state index >= 15 is 0 Å². The molecule has 0 unspecified atom stereocenters. The maximum absolute atomic E-state index is 12.8. The maximum Gasteiger partial charge on any atom is 0.250 e. The highest BCUT2D eigenvalue weighted by atomic mass is 32.2. The summed E-state index contributed by atoms with van der Waals surface area (Å²) in [6.07, 6.45) is 0.698. The van der Waals surface area contributed by atoms with E-state index in [4.69, 9.17) is 4.74 Å².